The number of nitrogens with two attached hydrogens (primary N) is 2. The number of nitrogens with one attached hydrogen (secondary N) is 2. The highest BCUT2D eigenvalue weighted by Gasteiger charge is 2.36. The Morgan fingerprint density at radius 3 is 2.56 bits per heavy atom. The van der Waals surface area contributed by atoms with Crippen molar-refractivity contribution in [2.45, 2.75) is 58.7 Å². The standard InChI is InChI=1S/C32H43FN6O5S/c1-7-36-17-28(20(5)22-14-19(4)30(26(35)16-22)44-12-13-45(6,42)43)39-32(41)29-25(34)10-11-27(38-29)23-15-21(8-9-24(23)33)31(40)37-18(2)3/h7-11,15,17-19,22,26,30H,5,12-14,16,34-35H2,1-4,6H3,(H,37,40)(H,39,41)/b28-17+,36-7?/t19-,22+,26+,30-/m0/s1. The Morgan fingerprint density at radius 2 is 1.93 bits per heavy atom. The molecule has 0 saturated heterocycles. The Kier molecular flexibility index (Phi) is 12.1. The zero-order valence-corrected chi connectivity index (χ0v) is 27.2. The smallest absolute Gasteiger partial charge is 0.276 e. The normalized spacial score (nSPS) is 20.8. The number of nitrogens with zero attached hydrogens (tertiary/aromatic N) is 2. The van der Waals surface area contributed by atoms with Gasteiger partial charge in [-0.05, 0) is 81.4 Å². The summed E-state index contributed by atoms with van der Waals surface area (Å²) in [7, 11) is -3.16. The molecule has 1 fully saturated rings. The molecule has 1 aromatic heterocycles. The Hall–Kier alpha value is -3.94. The van der Waals surface area contributed by atoms with Crippen LogP contribution in [0.1, 0.15) is 61.4 Å². The lowest BCUT2D eigenvalue weighted by molar-refractivity contribution is -0.0194. The van der Waals surface area contributed by atoms with Gasteiger partial charge >= 0.3 is 0 Å². The van der Waals surface area contributed by atoms with Gasteiger partial charge in [-0.2, -0.15) is 0 Å². The van der Waals surface area contributed by atoms with E-state index in [2.05, 4.69) is 27.2 Å². The second-order valence-electron chi connectivity index (χ2n) is 11.7. The molecule has 2 aromatic rings. The van der Waals surface area contributed by atoms with Crippen molar-refractivity contribution in [3.63, 3.8) is 0 Å². The van der Waals surface area contributed by atoms with Crippen molar-refractivity contribution >= 4 is 33.6 Å². The van der Waals surface area contributed by atoms with Gasteiger partial charge in [-0.15, -0.1) is 0 Å². The molecule has 1 aliphatic carbocycles. The number of pyridine rings is 1. The number of ether oxygens (including phenoxy) is 1. The maximum Gasteiger partial charge on any atom is 0.276 e. The highest BCUT2D eigenvalue weighted by molar-refractivity contribution is 7.90. The van der Waals surface area contributed by atoms with Crippen LogP contribution in [0.3, 0.4) is 0 Å². The lowest BCUT2D eigenvalue weighted by Crippen LogP contribution is -2.48. The molecule has 2 amide bonds. The Morgan fingerprint density at radius 1 is 1.22 bits per heavy atom. The minimum absolute atomic E-state index is 0.0102. The third kappa shape index (κ3) is 9.77. The number of aliphatic imine (C=N–C) groups is 1. The van der Waals surface area contributed by atoms with Crippen molar-refractivity contribution in [1.82, 2.24) is 15.6 Å². The monoisotopic (exact) mass is 642 g/mol. The number of rotatable bonds is 12. The summed E-state index contributed by atoms with van der Waals surface area (Å²) in [4.78, 5) is 34.6. The predicted octanol–water partition coefficient (Wildman–Crippen LogP) is 3.63. The number of halogens is 1. The summed E-state index contributed by atoms with van der Waals surface area (Å²) in [5.74, 6) is -1.87. The lowest BCUT2D eigenvalue weighted by Gasteiger charge is -2.39. The molecule has 1 saturated carbocycles. The van der Waals surface area contributed by atoms with Gasteiger partial charge in [-0.25, -0.2) is 17.8 Å². The Bertz CT molecular complexity index is 1580. The highest BCUT2D eigenvalue weighted by atomic mass is 32.2. The molecule has 1 aromatic carbocycles. The summed E-state index contributed by atoms with van der Waals surface area (Å²) in [5, 5.41) is 5.58. The van der Waals surface area contributed by atoms with Gasteiger partial charge in [0.15, 0.2) is 5.69 Å². The van der Waals surface area contributed by atoms with E-state index >= 15 is 0 Å². The second kappa shape index (κ2) is 15.4. The first-order valence-corrected chi connectivity index (χ1v) is 16.8. The van der Waals surface area contributed by atoms with Gasteiger partial charge in [0.2, 0.25) is 0 Å². The van der Waals surface area contributed by atoms with Gasteiger partial charge in [0.25, 0.3) is 11.8 Å². The molecule has 11 nitrogen and oxygen atoms in total. The minimum atomic E-state index is -3.16. The maximum absolute atomic E-state index is 14.9. The molecule has 13 heteroatoms. The van der Waals surface area contributed by atoms with E-state index in [-0.39, 0.29) is 76.5 Å². The highest BCUT2D eigenvalue weighted by Crippen LogP contribution is 2.36. The zero-order chi connectivity index (χ0) is 33.5. The fourth-order valence-corrected chi connectivity index (χ4v) is 5.63. The minimum Gasteiger partial charge on any atom is -0.397 e. The van der Waals surface area contributed by atoms with E-state index in [9.17, 15) is 22.4 Å². The van der Waals surface area contributed by atoms with E-state index in [1.54, 1.807) is 13.1 Å². The van der Waals surface area contributed by atoms with Crippen molar-refractivity contribution in [2.24, 2.45) is 22.6 Å². The summed E-state index contributed by atoms with van der Waals surface area (Å²) in [6.45, 7) is 11.6. The molecule has 45 heavy (non-hydrogen) atoms. The van der Waals surface area contributed by atoms with Crippen molar-refractivity contribution in [3.05, 3.63) is 71.5 Å². The van der Waals surface area contributed by atoms with Crippen molar-refractivity contribution in [1.29, 1.82) is 0 Å². The Labute approximate surface area is 264 Å². The van der Waals surface area contributed by atoms with Crippen LogP contribution in [-0.2, 0) is 14.6 Å². The topological polar surface area (TPSA) is 179 Å². The number of hydrogen-bond donors (Lipinski definition) is 4. The van der Waals surface area contributed by atoms with Crippen molar-refractivity contribution in [3.8, 4) is 11.3 Å². The van der Waals surface area contributed by atoms with Crippen LogP contribution in [0.15, 0.2) is 59.4 Å². The number of anilines is 1. The first kappa shape index (κ1) is 35.5. The number of allylic oxidation sites excluding steroid dienone is 1. The van der Waals surface area contributed by atoms with Gasteiger partial charge in [-0.3, -0.25) is 14.6 Å². The van der Waals surface area contributed by atoms with Gasteiger partial charge in [0.05, 0.1) is 41.7 Å². The zero-order valence-electron chi connectivity index (χ0n) is 26.3. The number of carbonyl (C=O) groups is 2. The molecular formula is C32H43FN6O5S. The maximum atomic E-state index is 14.9. The number of amides is 2. The first-order chi connectivity index (χ1) is 21.1. The molecule has 6 N–H and O–H groups in total. The molecular weight excluding hydrogens is 599 g/mol. The number of carbonyl (C=O) groups excluding carboxylic acids is 2. The number of nitrogen functional groups attached to an aromatic ring is 1. The molecule has 244 valence electrons. The quantitative estimate of drug-likeness (QED) is 0.200. The summed E-state index contributed by atoms with van der Waals surface area (Å²) < 4.78 is 43.8. The average molecular weight is 643 g/mol. The van der Waals surface area contributed by atoms with Gasteiger partial charge < -0.3 is 26.8 Å². The van der Waals surface area contributed by atoms with Gasteiger partial charge in [0, 0.05) is 35.7 Å². The average Bonchev–Trinajstić information content (AvgIpc) is 2.95. The van der Waals surface area contributed by atoms with Crippen LogP contribution < -0.4 is 22.1 Å². The molecule has 1 heterocycles. The largest absolute Gasteiger partial charge is 0.397 e. The van der Waals surface area contributed by atoms with Crippen LogP contribution in [0, 0.1) is 17.7 Å². The fourth-order valence-electron chi connectivity index (χ4n) is 5.23. The van der Waals surface area contributed by atoms with Gasteiger partial charge in [-0.1, -0.05) is 13.5 Å². The van der Waals surface area contributed by atoms with E-state index in [1.807, 2.05) is 20.8 Å². The van der Waals surface area contributed by atoms with Crippen LogP contribution >= 0.6 is 0 Å². The summed E-state index contributed by atoms with van der Waals surface area (Å²) in [6.07, 6.45) is 4.99. The SMILES string of the molecule is C=C(/C(=C\N=CC)NC(=O)c1nc(-c2cc(C(=O)NC(C)C)ccc2F)ccc1N)[C@H]1C[C@@H](N)[C@@H](OCCS(C)(=O)=O)[C@@H](C)C1. The lowest BCUT2D eigenvalue weighted by atomic mass is 9.74. The number of hydrogen-bond acceptors (Lipinski definition) is 9. The summed E-state index contributed by atoms with van der Waals surface area (Å²) in [5.41, 5.74) is 13.8. The third-order valence-electron chi connectivity index (χ3n) is 7.47. The van der Waals surface area contributed by atoms with Crippen molar-refractivity contribution in [2.75, 3.05) is 24.3 Å². The van der Waals surface area contributed by atoms with Crippen LogP contribution in [-0.4, -0.2) is 68.2 Å². The second-order valence-corrected chi connectivity index (χ2v) is 13.9. The molecule has 3 rings (SSSR count). The first-order valence-electron chi connectivity index (χ1n) is 14.7. The fraction of sp³-hybridized carbons (Fsp3) is 0.438. The molecule has 0 spiro atoms. The Balaban J connectivity index is 1.82. The number of sulfone groups is 1. The molecule has 0 aliphatic heterocycles. The molecule has 4 atom stereocenters. The third-order valence-corrected chi connectivity index (χ3v) is 8.37. The summed E-state index contributed by atoms with van der Waals surface area (Å²) in [6, 6.07) is 6.36. The summed E-state index contributed by atoms with van der Waals surface area (Å²) >= 11 is 0. The van der Waals surface area contributed by atoms with E-state index in [0.29, 0.717) is 24.1 Å². The van der Waals surface area contributed by atoms with Crippen LogP contribution in [0.2, 0.25) is 0 Å². The van der Waals surface area contributed by atoms with Gasteiger partial charge in [0.1, 0.15) is 15.7 Å². The molecule has 0 unspecified atom stereocenters. The molecule has 0 radical (unpaired) electrons. The van der Waals surface area contributed by atoms with E-state index < -0.39 is 21.6 Å². The predicted molar refractivity (Wildman–Crippen MR) is 175 cm³/mol. The number of benzene rings is 1. The van der Waals surface area contributed by atoms with E-state index in [0.717, 1.165) is 6.26 Å². The molecule has 0 bridgehead atoms. The van der Waals surface area contributed by atoms with Crippen LogP contribution in [0.5, 0.6) is 0 Å². The van der Waals surface area contributed by atoms with E-state index in [1.165, 1.54) is 36.5 Å². The molecule has 1 aliphatic rings. The van der Waals surface area contributed by atoms with E-state index in [4.69, 9.17) is 16.2 Å². The number of aromatic nitrogens is 1. The van der Waals surface area contributed by atoms with Crippen LogP contribution in [0.4, 0.5) is 10.1 Å². The van der Waals surface area contributed by atoms with Crippen LogP contribution in [0.25, 0.3) is 11.3 Å². The van der Waals surface area contributed by atoms with Crippen molar-refractivity contribution < 1.29 is 27.1 Å².